The van der Waals surface area contributed by atoms with Crippen LogP contribution in [-0.4, -0.2) is 31.3 Å². The van der Waals surface area contributed by atoms with Crippen LogP contribution in [0.25, 0.3) is 0 Å². The molecule has 2 aromatic rings. The first-order valence-electron chi connectivity index (χ1n) is 4.91. The fourth-order valence-electron chi connectivity index (χ4n) is 1.24. The zero-order chi connectivity index (χ0) is 11.4. The Labute approximate surface area is 92.7 Å². The highest BCUT2D eigenvalue weighted by Gasteiger charge is 1.99. The standard InChI is InChI=1S/C9H13N7/c1-16-6-13-8(15-16)3-5-12-9-11-4-2-7(10)14-9/h2,4,6H,3,5H2,1H3,(H3,10,11,12,14). The molecule has 7 heteroatoms. The Kier molecular flexibility index (Phi) is 2.95. The van der Waals surface area contributed by atoms with Crippen molar-refractivity contribution in [1.82, 2.24) is 24.7 Å². The molecule has 16 heavy (non-hydrogen) atoms. The Morgan fingerprint density at radius 1 is 1.44 bits per heavy atom. The van der Waals surface area contributed by atoms with Crippen molar-refractivity contribution in [2.75, 3.05) is 17.6 Å². The first-order valence-corrected chi connectivity index (χ1v) is 4.91. The molecule has 0 aliphatic carbocycles. The molecule has 0 saturated heterocycles. The number of nitrogens with zero attached hydrogens (tertiary/aromatic N) is 5. The van der Waals surface area contributed by atoms with Crippen molar-refractivity contribution in [2.24, 2.45) is 7.05 Å². The molecule has 2 aromatic heterocycles. The van der Waals surface area contributed by atoms with Crippen LogP contribution in [0.5, 0.6) is 0 Å². The second-order valence-corrected chi connectivity index (χ2v) is 3.32. The molecular weight excluding hydrogens is 206 g/mol. The normalized spacial score (nSPS) is 10.3. The van der Waals surface area contributed by atoms with Crippen molar-refractivity contribution < 1.29 is 0 Å². The number of hydrogen-bond acceptors (Lipinski definition) is 6. The predicted octanol–water partition coefficient (Wildman–Crippen LogP) is -0.158. The van der Waals surface area contributed by atoms with Crippen molar-refractivity contribution in [1.29, 1.82) is 0 Å². The minimum absolute atomic E-state index is 0.452. The molecule has 3 N–H and O–H groups in total. The average Bonchev–Trinajstić information content (AvgIpc) is 2.64. The molecule has 0 atom stereocenters. The van der Waals surface area contributed by atoms with Gasteiger partial charge in [-0.05, 0) is 6.07 Å². The second kappa shape index (κ2) is 4.56. The number of nitrogen functional groups attached to an aromatic ring is 1. The van der Waals surface area contributed by atoms with Crippen LogP contribution in [0.2, 0.25) is 0 Å². The molecule has 0 aliphatic rings. The van der Waals surface area contributed by atoms with Gasteiger partial charge in [0, 0.05) is 26.2 Å². The van der Waals surface area contributed by atoms with E-state index in [1.54, 1.807) is 23.3 Å². The summed E-state index contributed by atoms with van der Waals surface area (Å²) in [6, 6.07) is 1.64. The van der Waals surface area contributed by atoms with Gasteiger partial charge in [-0.3, -0.25) is 4.68 Å². The van der Waals surface area contributed by atoms with E-state index < -0.39 is 0 Å². The van der Waals surface area contributed by atoms with Gasteiger partial charge in [-0.2, -0.15) is 10.1 Å². The fourth-order valence-corrected chi connectivity index (χ4v) is 1.24. The van der Waals surface area contributed by atoms with Crippen LogP contribution in [0.4, 0.5) is 11.8 Å². The Balaban J connectivity index is 1.84. The third kappa shape index (κ3) is 2.66. The van der Waals surface area contributed by atoms with Crippen LogP contribution in [0.1, 0.15) is 5.82 Å². The Morgan fingerprint density at radius 2 is 2.31 bits per heavy atom. The Bertz CT molecular complexity index is 464. The van der Waals surface area contributed by atoms with Crippen LogP contribution in [0.3, 0.4) is 0 Å². The number of nitrogens with two attached hydrogens (primary N) is 1. The van der Waals surface area contributed by atoms with Crippen LogP contribution in [0, 0.1) is 0 Å². The maximum atomic E-state index is 5.53. The minimum Gasteiger partial charge on any atom is -0.384 e. The zero-order valence-electron chi connectivity index (χ0n) is 8.96. The van der Waals surface area contributed by atoms with Gasteiger partial charge in [0.15, 0.2) is 5.82 Å². The van der Waals surface area contributed by atoms with Gasteiger partial charge in [0.2, 0.25) is 5.95 Å². The quantitative estimate of drug-likeness (QED) is 0.742. The van der Waals surface area contributed by atoms with Crippen molar-refractivity contribution in [2.45, 2.75) is 6.42 Å². The summed E-state index contributed by atoms with van der Waals surface area (Å²) in [7, 11) is 1.84. The Hall–Kier alpha value is -2.18. The molecule has 0 unspecified atom stereocenters. The molecule has 0 aliphatic heterocycles. The summed E-state index contributed by atoms with van der Waals surface area (Å²) in [5.74, 6) is 1.77. The van der Waals surface area contributed by atoms with E-state index in [4.69, 9.17) is 5.73 Å². The molecule has 84 valence electrons. The summed E-state index contributed by atoms with van der Waals surface area (Å²) in [5.41, 5.74) is 5.53. The Morgan fingerprint density at radius 3 is 3.00 bits per heavy atom. The van der Waals surface area contributed by atoms with Crippen molar-refractivity contribution >= 4 is 11.8 Å². The zero-order valence-corrected chi connectivity index (χ0v) is 8.96. The van der Waals surface area contributed by atoms with Gasteiger partial charge >= 0.3 is 0 Å². The fraction of sp³-hybridized carbons (Fsp3) is 0.333. The number of anilines is 2. The maximum Gasteiger partial charge on any atom is 0.224 e. The SMILES string of the molecule is Cn1cnc(CCNc2nccc(N)n2)n1. The number of hydrogen-bond donors (Lipinski definition) is 2. The van der Waals surface area contributed by atoms with E-state index in [-0.39, 0.29) is 0 Å². The number of aromatic nitrogens is 5. The van der Waals surface area contributed by atoms with Gasteiger partial charge in [-0.25, -0.2) is 9.97 Å². The molecule has 0 spiro atoms. The lowest BCUT2D eigenvalue weighted by Gasteiger charge is -2.02. The van der Waals surface area contributed by atoms with Gasteiger partial charge in [0.25, 0.3) is 0 Å². The predicted molar refractivity (Wildman–Crippen MR) is 59.6 cm³/mol. The van der Waals surface area contributed by atoms with E-state index >= 15 is 0 Å². The van der Waals surface area contributed by atoms with Gasteiger partial charge in [-0.1, -0.05) is 0 Å². The van der Waals surface area contributed by atoms with E-state index in [9.17, 15) is 0 Å². The van der Waals surface area contributed by atoms with E-state index in [0.717, 1.165) is 12.2 Å². The molecule has 0 saturated carbocycles. The van der Waals surface area contributed by atoms with Gasteiger partial charge in [-0.15, -0.1) is 0 Å². The largest absolute Gasteiger partial charge is 0.384 e. The first-order chi connectivity index (χ1) is 7.74. The van der Waals surface area contributed by atoms with Gasteiger partial charge in [0.05, 0.1) is 0 Å². The lowest BCUT2D eigenvalue weighted by Crippen LogP contribution is -2.09. The highest BCUT2D eigenvalue weighted by molar-refractivity contribution is 5.34. The highest BCUT2D eigenvalue weighted by Crippen LogP contribution is 2.01. The van der Waals surface area contributed by atoms with Gasteiger partial charge < -0.3 is 11.1 Å². The average molecular weight is 219 g/mol. The highest BCUT2D eigenvalue weighted by atomic mass is 15.3. The molecule has 0 aromatic carbocycles. The summed E-state index contributed by atoms with van der Waals surface area (Å²) >= 11 is 0. The van der Waals surface area contributed by atoms with Crippen LogP contribution >= 0.6 is 0 Å². The monoisotopic (exact) mass is 219 g/mol. The van der Waals surface area contributed by atoms with E-state index in [0.29, 0.717) is 18.3 Å². The van der Waals surface area contributed by atoms with E-state index in [1.807, 2.05) is 7.05 Å². The lowest BCUT2D eigenvalue weighted by molar-refractivity contribution is 0.741. The molecule has 0 bridgehead atoms. The minimum atomic E-state index is 0.452. The third-order valence-electron chi connectivity index (χ3n) is 1.96. The molecular formula is C9H13N7. The van der Waals surface area contributed by atoms with Crippen molar-refractivity contribution in [3.8, 4) is 0 Å². The summed E-state index contributed by atoms with van der Waals surface area (Å²) in [5, 5.41) is 7.21. The van der Waals surface area contributed by atoms with E-state index in [1.165, 1.54) is 0 Å². The van der Waals surface area contributed by atoms with E-state index in [2.05, 4.69) is 25.4 Å². The third-order valence-corrected chi connectivity index (χ3v) is 1.96. The number of rotatable bonds is 4. The topological polar surface area (TPSA) is 94.5 Å². The molecule has 0 amide bonds. The van der Waals surface area contributed by atoms with Gasteiger partial charge in [0.1, 0.15) is 12.1 Å². The molecule has 0 fully saturated rings. The summed E-state index contributed by atoms with van der Waals surface area (Å²) in [6.45, 7) is 0.674. The summed E-state index contributed by atoms with van der Waals surface area (Å²) < 4.78 is 1.67. The molecule has 0 radical (unpaired) electrons. The second-order valence-electron chi connectivity index (χ2n) is 3.32. The maximum absolute atomic E-state index is 5.53. The van der Waals surface area contributed by atoms with Crippen molar-refractivity contribution in [3.05, 3.63) is 24.4 Å². The number of nitrogens with one attached hydrogen (secondary N) is 1. The first kappa shape index (κ1) is 10.3. The van der Waals surface area contributed by atoms with Crippen molar-refractivity contribution in [3.63, 3.8) is 0 Å². The smallest absolute Gasteiger partial charge is 0.224 e. The summed E-state index contributed by atoms with van der Waals surface area (Å²) in [4.78, 5) is 12.2. The molecule has 2 rings (SSSR count). The number of aryl methyl sites for hydroxylation is 1. The lowest BCUT2D eigenvalue weighted by atomic mass is 10.4. The van der Waals surface area contributed by atoms with Crippen LogP contribution in [-0.2, 0) is 13.5 Å². The van der Waals surface area contributed by atoms with Crippen LogP contribution < -0.4 is 11.1 Å². The van der Waals surface area contributed by atoms with Crippen LogP contribution in [0.15, 0.2) is 18.6 Å². The summed E-state index contributed by atoms with van der Waals surface area (Å²) in [6.07, 6.45) is 4.01. The molecule has 2 heterocycles. The molecule has 7 nitrogen and oxygen atoms in total.